The van der Waals surface area contributed by atoms with Gasteiger partial charge in [0.25, 0.3) is 0 Å². The fourth-order valence-corrected chi connectivity index (χ4v) is 3.46. The normalized spacial score (nSPS) is 17.9. The van der Waals surface area contributed by atoms with Crippen LogP contribution >= 0.6 is 0 Å². The number of carboxylic acids is 1. The zero-order valence-corrected chi connectivity index (χ0v) is 16.0. The lowest BCUT2D eigenvalue weighted by Gasteiger charge is -2.17. The van der Waals surface area contributed by atoms with E-state index in [1.807, 2.05) is 38.1 Å². The van der Waals surface area contributed by atoms with Gasteiger partial charge in [-0.3, -0.25) is 0 Å². The SMILES string of the molecule is CC1(C)OCc2cc(C(=O)O)ccc21.[C-]#[N+]c1ccc2c(c1)COC2(C)C. The Morgan fingerprint density at radius 3 is 2.00 bits per heavy atom. The molecule has 0 amide bonds. The number of hydrogen-bond donors (Lipinski definition) is 1. The largest absolute Gasteiger partial charge is 0.478 e. The fourth-order valence-electron chi connectivity index (χ4n) is 3.46. The third kappa shape index (κ3) is 3.73. The van der Waals surface area contributed by atoms with Gasteiger partial charge in [-0.2, -0.15) is 0 Å². The lowest BCUT2D eigenvalue weighted by Crippen LogP contribution is -2.14. The molecule has 0 saturated carbocycles. The Morgan fingerprint density at radius 1 is 0.963 bits per heavy atom. The van der Waals surface area contributed by atoms with Gasteiger partial charge in [0.1, 0.15) is 0 Å². The van der Waals surface area contributed by atoms with Crippen LogP contribution in [0.5, 0.6) is 0 Å². The van der Waals surface area contributed by atoms with E-state index in [0.29, 0.717) is 24.5 Å². The molecule has 2 heterocycles. The molecule has 0 spiro atoms. The van der Waals surface area contributed by atoms with E-state index in [4.69, 9.17) is 21.2 Å². The number of rotatable bonds is 1. The van der Waals surface area contributed by atoms with Gasteiger partial charge < -0.3 is 14.6 Å². The summed E-state index contributed by atoms with van der Waals surface area (Å²) in [5, 5.41) is 8.81. The summed E-state index contributed by atoms with van der Waals surface area (Å²) in [6.07, 6.45) is 0. The van der Waals surface area contributed by atoms with Crippen LogP contribution < -0.4 is 0 Å². The summed E-state index contributed by atoms with van der Waals surface area (Å²) in [7, 11) is 0. The van der Waals surface area contributed by atoms with Gasteiger partial charge in [0, 0.05) is 0 Å². The summed E-state index contributed by atoms with van der Waals surface area (Å²) in [5.74, 6) is -0.891. The Balaban J connectivity index is 0.000000156. The molecule has 0 aliphatic carbocycles. The first-order valence-electron chi connectivity index (χ1n) is 8.79. The van der Waals surface area contributed by atoms with Crippen LogP contribution in [0, 0.1) is 6.57 Å². The van der Waals surface area contributed by atoms with Crippen LogP contribution in [0.1, 0.15) is 60.3 Å². The molecule has 0 bridgehead atoms. The molecule has 4 rings (SSSR count). The smallest absolute Gasteiger partial charge is 0.335 e. The maximum atomic E-state index is 10.7. The Labute approximate surface area is 159 Å². The number of hydrogen-bond acceptors (Lipinski definition) is 3. The summed E-state index contributed by atoms with van der Waals surface area (Å²) in [6, 6.07) is 10.9. The van der Waals surface area contributed by atoms with Gasteiger partial charge in [-0.15, -0.1) is 0 Å². The molecule has 0 aromatic heterocycles. The third-order valence-electron chi connectivity index (χ3n) is 5.04. The summed E-state index contributed by atoms with van der Waals surface area (Å²) < 4.78 is 11.2. The van der Waals surface area contributed by atoms with Gasteiger partial charge in [-0.1, -0.05) is 24.3 Å². The Morgan fingerprint density at radius 2 is 1.48 bits per heavy atom. The molecular formula is C22H23NO4. The number of benzene rings is 2. The van der Waals surface area contributed by atoms with Crippen LogP contribution in [0.2, 0.25) is 0 Å². The lowest BCUT2D eigenvalue weighted by atomic mass is 9.95. The van der Waals surface area contributed by atoms with Gasteiger partial charge in [0.05, 0.1) is 36.6 Å². The third-order valence-corrected chi connectivity index (χ3v) is 5.04. The van der Waals surface area contributed by atoms with Crippen LogP contribution in [0.15, 0.2) is 36.4 Å². The van der Waals surface area contributed by atoms with Crippen LogP contribution in [-0.2, 0) is 33.9 Å². The highest BCUT2D eigenvalue weighted by Crippen LogP contribution is 2.37. The lowest BCUT2D eigenvalue weighted by molar-refractivity contribution is -0.00811. The molecule has 2 aliphatic heterocycles. The number of carbonyl (C=O) groups is 1. The zero-order valence-electron chi connectivity index (χ0n) is 16.0. The minimum absolute atomic E-state index is 0.185. The molecular weight excluding hydrogens is 342 g/mol. The zero-order chi connectivity index (χ0) is 19.8. The number of carboxylic acid groups (broad SMARTS) is 1. The maximum absolute atomic E-state index is 10.7. The minimum Gasteiger partial charge on any atom is -0.478 e. The second-order valence-electron chi connectivity index (χ2n) is 7.73. The van der Waals surface area contributed by atoms with E-state index in [1.165, 1.54) is 5.56 Å². The molecule has 0 unspecified atom stereocenters. The van der Waals surface area contributed by atoms with Crippen molar-refractivity contribution in [1.29, 1.82) is 0 Å². The topological polar surface area (TPSA) is 60.1 Å². The standard InChI is InChI=1S/C11H11NO.C11H12O3/c1-11(2)10-5-4-9(12-3)6-8(10)7-13-11;1-11(2)9-4-3-7(10(12)13)5-8(9)6-14-11/h4-6H,7H2,1-2H3;3-5H,6H2,1-2H3,(H,12,13). The molecule has 140 valence electrons. The van der Waals surface area contributed by atoms with Crippen molar-refractivity contribution in [3.63, 3.8) is 0 Å². The maximum Gasteiger partial charge on any atom is 0.335 e. The average molecular weight is 365 g/mol. The highest BCUT2D eigenvalue weighted by molar-refractivity contribution is 5.88. The van der Waals surface area contributed by atoms with Gasteiger partial charge in [0.2, 0.25) is 0 Å². The van der Waals surface area contributed by atoms with Crippen LogP contribution in [0.4, 0.5) is 5.69 Å². The van der Waals surface area contributed by atoms with Gasteiger partial charge >= 0.3 is 5.97 Å². The van der Waals surface area contributed by atoms with E-state index in [9.17, 15) is 4.79 Å². The number of fused-ring (bicyclic) bond motifs is 2. The second kappa shape index (κ2) is 6.80. The van der Waals surface area contributed by atoms with Crippen molar-refractivity contribution < 1.29 is 19.4 Å². The number of aromatic carboxylic acids is 1. The van der Waals surface area contributed by atoms with Crippen molar-refractivity contribution in [2.24, 2.45) is 0 Å². The first-order chi connectivity index (χ1) is 12.6. The average Bonchev–Trinajstić information content (AvgIpc) is 3.11. The van der Waals surface area contributed by atoms with E-state index < -0.39 is 5.97 Å². The first kappa shape index (κ1) is 19.1. The molecule has 5 nitrogen and oxygen atoms in total. The van der Waals surface area contributed by atoms with Gasteiger partial charge in [-0.25, -0.2) is 9.64 Å². The summed E-state index contributed by atoms with van der Waals surface area (Å²) in [4.78, 5) is 14.1. The summed E-state index contributed by atoms with van der Waals surface area (Å²) >= 11 is 0. The number of ether oxygens (including phenoxy) is 2. The molecule has 0 saturated heterocycles. The van der Waals surface area contributed by atoms with Crippen molar-refractivity contribution in [2.75, 3.05) is 0 Å². The van der Waals surface area contributed by atoms with Gasteiger partial charge in [-0.05, 0) is 62.1 Å². The molecule has 0 radical (unpaired) electrons. The molecule has 27 heavy (non-hydrogen) atoms. The predicted molar refractivity (Wildman–Crippen MR) is 102 cm³/mol. The Kier molecular flexibility index (Phi) is 4.81. The van der Waals surface area contributed by atoms with E-state index in [-0.39, 0.29) is 11.2 Å². The van der Waals surface area contributed by atoms with Gasteiger partial charge in [0.15, 0.2) is 5.69 Å². The van der Waals surface area contributed by atoms with E-state index in [1.54, 1.807) is 12.1 Å². The molecule has 0 atom stereocenters. The van der Waals surface area contributed by atoms with Crippen molar-refractivity contribution >= 4 is 11.7 Å². The van der Waals surface area contributed by atoms with Crippen LogP contribution in [0.3, 0.4) is 0 Å². The molecule has 1 N–H and O–H groups in total. The van der Waals surface area contributed by atoms with E-state index >= 15 is 0 Å². The minimum atomic E-state index is -0.891. The molecule has 5 heteroatoms. The van der Waals surface area contributed by atoms with E-state index in [0.717, 1.165) is 16.7 Å². The predicted octanol–water partition coefficient (Wildman–Crippen LogP) is 5.15. The van der Waals surface area contributed by atoms with Crippen molar-refractivity contribution in [3.8, 4) is 0 Å². The Hall–Kier alpha value is -2.68. The summed E-state index contributed by atoms with van der Waals surface area (Å²) in [5.41, 5.74) is 4.98. The fraction of sp³-hybridized carbons (Fsp3) is 0.364. The van der Waals surface area contributed by atoms with Crippen molar-refractivity contribution in [2.45, 2.75) is 52.1 Å². The highest BCUT2D eigenvalue weighted by Gasteiger charge is 2.31. The number of nitrogens with zero attached hydrogens (tertiary/aromatic N) is 1. The van der Waals surface area contributed by atoms with Crippen molar-refractivity contribution in [3.05, 3.63) is 75.6 Å². The highest BCUT2D eigenvalue weighted by atomic mass is 16.5. The monoisotopic (exact) mass is 365 g/mol. The second-order valence-corrected chi connectivity index (χ2v) is 7.73. The molecule has 2 aliphatic rings. The van der Waals surface area contributed by atoms with Crippen molar-refractivity contribution in [1.82, 2.24) is 0 Å². The van der Waals surface area contributed by atoms with Crippen LogP contribution in [0.25, 0.3) is 4.85 Å². The molecule has 2 aromatic rings. The molecule has 0 fully saturated rings. The van der Waals surface area contributed by atoms with Crippen LogP contribution in [-0.4, -0.2) is 11.1 Å². The quantitative estimate of drug-likeness (QED) is 0.710. The van der Waals surface area contributed by atoms with E-state index in [2.05, 4.69) is 18.7 Å². The molecule has 2 aromatic carbocycles. The Bertz CT molecular complexity index is 938. The first-order valence-corrected chi connectivity index (χ1v) is 8.79. The summed E-state index contributed by atoms with van der Waals surface area (Å²) in [6.45, 7) is 16.1.